The maximum atomic E-state index is 13.1. The van der Waals surface area contributed by atoms with Crippen molar-refractivity contribution in [3.05, 3.63) is 0 Å². The minimum absolute atomic E-state index is 0.107. The van der Waals surface area contributed by atoms with E-state index in [1.165, 1.54) is 193 Å². The third-order valence-electron chi connectivity index (χ3n) is 17.6. The summed E-state index contributed by atoms with van der Waals surface area (Å²) in [5.41, 5.74) is 0. The molecule has 0 heterocycles. The third-order valence-corrected chi connectivity index (χ3v) is 19.5. The molecule has 3 unspecified atom stereocenters. The highest BCUT2D eigenvalue weighted by Crippen LogP contribution is 2.45. The zero-order chi connectivity index (χ0) is 68.6. The Balaban J connectivity index is 5.15. The predicted molar refractivity (Wildman–Crippen MR) is 377 cm³/mol. The number of phosphoric acid groups is 2. The zero-order valence-corrected chi connectivity index (χ0v) is 62.3. The van der Waals surface area contributed by atoms with Gasteiger partial charge in [0.05, 0.1) is 26.4 Å². The van der Waals surface area contributed by atoms with Crippen molar-refractivity contribution >= 4 is 39.5 Å². The van der Waals surface area contributed by atoms with Crippen LogP contribution in [-0.2, 0) is 65.4 Å². The van der Waals surface area contributed by atoms with Crippen molar-refractivity contribution < 1.29 is 80.2 Å². The lowest BCUT2D eigenvalue weighted by molar-refractivity contribution is -0.161. The zero-order valence-electron chi connectivity index (χ0n) is 60.6. The molecule has 0 aliphatic rings. The molecular formula is C74H144O17P2. The smallest absolute Gasteiger partial charge is 0.462 e. The molecule has 0 bridgehead atoms. The predicted octanol–water partition coefficient (Wildman–Crippen LogP) is 21.6. The lowest BCUT2D eigenvalue weighted by atomic mass is 9.99. The first-order chi connectivity index (χ1) is 44.9. The molecule has 0 spiro atoms. The van der Waals surface area contributed by atoms with Gasteiger partial charge in [0, 0.05) is 25.7 Å². The van der Waals surface area contributed by atoms with E-state index >= 15 is 0 Å². The van der Waals surface area contributed by atoms with Gasteiger partial charge in [-0.05, 0) is 37.5 Å². The molecule has 6 atom stereocenters. The van der Waals surface area contributed by atoms with Gasteiger partial charge in [-0.1, -0.05) is 330 Å². The lowest BCUT2D eigenvalue weighted by Gasteiger charge is -2.21. The largest absolute Gasteiger partial charge is 0.472 e. The first kappa shape index (κ1) is 91.1. The summed E-state index contributed by atoms with van der Waals surface area (Å²) in [7, 11) is -9.90. The van der Waals surface area contributed by atoms with Crippen LogP contribution in [0.15, 0.2) is 0 Å². The number of esters is 4. The minimum atomic E-state index is -4.95. The molecule has 19 heteroatoms. The molecule has 93 heavy (non-hydrogen) atoms. The molecule has 0 aliphatic carbocycles. The fourth-order valence-corrected chi connectivity index (χ4v) is 12.8. The summed E-state index contributed by atoms with van der Waals surface area (Å²) in [6, 6.07) is 0. The van der Waals surface area contributed by atoms with Crippen LogP contribution in [0.25, 0.3) is 0 Å². The highest BCUT2D eigenvalue weighted by atomic mass is 31.2. The maximum absolute atomic E-state index is 13.1. The van der Waals surface area contributed by atoms with Crippen LogP contribution >= 0.6 is 15.6 Å². The van der Waals surface area contributed by atoms with Gasteiger partial charge in [-0.2, -0.15) is 0 Å². The molecular weight excluding hydrogens is 1220 g/mol. The van der Waals surface area contributed by atoms with Crippen molar-refractivity contribution in [2.24, 2.45) is 11.8 Å². The summed E-state index contributed by atoms with van der Waals surface area (Å²) in [4.78, 5) is 72.6. The standard InChI is InChI=1S/C74H144O17P2/c1-7-10-12-14-16-18-27-33-40-46-52-58-73(78)90-69(62-84-71(76)56-50-44-38-17-15-13-11-8-2)64-88-92(80,81)86-60-68(75)61-87-93(82,83)89-65-70(63-85-72(77)57-51-45-39-35-30-31-36-42-48-54-66(4)5)91-74(79)59-53-47-41-34-29-26-24-22-20-19-21-23-25-28-32-37-43-49-55-67(6)9-3/h66-70,75H,7-65H2,1-6H3,(H,80,81)(H,82,83)/t67?,68-,69+,70+/m0/s1. The van der Waals surface area contributed by atoms with Gasteiger partial charge in [0.25, 0.3) is 0 Å². The van der Waals surface area contributed by atoms with Gasteiger partial charge in [-0.25, -0.2) is 9.13 Å². The van der Waals surface area contributed by atoms with Gasteiger partial charge in [-0.15, -0.1) is 0 Å². The normalized spacial score (nSPS) is 14.3. The summed E-state index contributed by atoms with van der Waals surface area (Å²) < 4.78 is 68.3. The quantitative estimate of drug-likeness (QED) is 0.0222. The molecule has 0 aliphatic heterocycles. The molecule has 0 saturated heterocycles. The van der Waals surface area contributed by atoms with Gasteiger partial charge in [0.15, 0.2) is 12.2 Å². The second-order valence-corrected chi connectivity index (χ2v) is 30.3. The van der Waals surface area contributed by atoms with E-state index in [1.807, 2.05) is 0 Å². The number of ether oxygens (including phenoxy) is 4. The number of hydrogen-bond donors (Lipinski definition) is 3. The van der Waals surface area contributed by atoms with E-state index in [9.17, 15) is 43.2 Å². The molecule has 0 aromatic carbocycles. The second-order valence-electron chi connectivity index (χ2n) is 27.4. The molecule has 0 aromatic heterocycles. The SMILES string of the molecule is CCCCCCCCCCCCCC(=O)O[C@H](COC(=O)CCCCCCCCCC)COP(=O)(O)OC[C@H](O)COP(=O)(O)OC[C@@H](COC(=O)CCCCCCCCCCCC(C)C)OC(=O)CCCCCCCCCCCCCCCCCCCCC(C)CC. The fourth-order valence-electron chi connectivity index (χ4n) is 11.3. The van der Waals surface area contributed by atoms with E-state index in [-0.39, 0.29) is 25.7 Å². The molecule has 552 valence electrons. The van der Waals surface area contributed by atoms with E-state index in [2.05, 4.69) is 41.5 Å². The summed E-state index contributed by atoms with van der Waals surface area (Å²) in [6.45, 7) is 9.59. The maximum Gasteiger partial charge on any atom is 0.472 e. The van der Waals surface area contributed by atoms with Crippen molar-refractivity contribution in [1.82, 2.24) is 0 Å². The average Bonchev–Trinajstić information content (AvgIpc) is 3.72. The van der Waals surface area contributed by atoms with E-state index in [0.717, 1.165) is 108 Å². The Labute approximate surface area is 568 Å². The van der Waals surface area contributed by atoms with E-state index in [0.29, 0.717) is 25.7 Å². The first-order valence-electron chi connectivity index (χ1n) is 38.5. The summed E-state index contributed by atoms with van der Waals surface area (Å²) in [6.07, 6.45) is 52.8. The third kappa shape index (κ3) is 67.0. The van der Waals surface area contributed by atoms with Crippen LogP contribution in [0.5, 0.6) is 0 Å². The van der Waals surface area contributed by atoms with Crippen LogP contribution < -0.4 is 0 Å². The Kier molecular flexibility index (Phi) is 64.6. The van der Waals surface area contributed by atoms with Crippen LogP contribution in [0.1, 0.15) is 382 Å². The molecule has 0 radical (unpaired) electrons. The number of phosphoric ester groups is 2. The Morgan fingerprint density at radius 3 is 0.817 bits per heavy atom. The highest BCUT2D eigenvalue weighted by molar-refractivity contribution is 7.47. The van der Waals surface area contributed by atoms with Crippen molar-refractivity contribution in [1.29, 1.82) is 0 Å². The van der Waals surface area contributed by atoms with E-state index in [4.69, 9.17) is 37.0 Å². The molecule has 0 aromatic rings. The summed E-state index contributed by atoms with van der Waals surface area (Å²) in [5.74, 6) is -0.507. The number of unbranched alkanes of at least 4 members (excludes halogenated alkanes) is 42. The lowest BCUT2D eigenvalue weighted by Crippen LogP contribution is -2.30. The van der Waals surface area contributed by atoms with Crippen LogP contribution in [-0.4, -0.2) is 96.7 Å². The number of rotatable bonds is 73. The number of aliphatic hydroxyl groups is 1. The van der Waals surface area contributed by atoms with Crippen LogP contribution in [0.2, 0.25) is 0 Å². The van der Waals surface area contributed by atoms with Gasteiger partial charge in [0.2, 0.25) is 0 Å². The van der Waals surface area contributed by atoms with Crippen LogP contribution in [0.3, 0.4) is 0 Å². The minimum Gasteiger partial charge on any atom is -0.462 e. The molecule has 0 fully saturated rings. The molecule has 0 saturated carbocycles. The Bertz CT molecular complexity index is 1810. The van der Waals surface area contributed by atoms with Crippen LogP contribution in [0.4, 0.5) is 0 Å². The van der Waals surface area contributed by atoms with Gasteiger partial charge >= 0.3 is 39.5 Å². The number of hydrogen-bond acceptors (Lipinski definition) is 15. The molecule has 17 nitrogen and oxygen atoms in total. The fraction of sp³-hybridized carbons (Fsp3) is 0.946. The van der Waals surface area contributed by atoms with Crippen LogP contribution in [0, 0.1) is 11.8 Å². The van der Waals surface area contributed by atoms with Gasteiger partial charge < -0.3 is 33.8 Å². The molecule has 0 amide bonds. The molecule has 3 N–H and O–H groups in total. The first-order valence-corrected chi connectivity index (χ1v) is 41.5. The second kappa shape index (κ2) is 66.0. The van der Waals surface area contributed by atoms with E-state index in [1.54, 1.807) is 0 Å². The number of carbonyl (C=O) groups excluding carboxylic acids is 4. The van der Waals surface area contributed by atoms with E-state index < -0.39 is 97.5 Å². The summed E-state index contributed by atoms with van der Waals surface area (Å²) in [5, 5.41) is 10.6. The molecule has 0 rings (SSSR count). The van der Waals surface area contributed by atoms with Crippen molar-refractivity contribution in [3.63, 3.8) is 0 Å². The van der Waals surface area contributed by atoms with Gasteiger partial charge in [0.1, 0.15) is 19.3 Å². The Morgan fingerprint density at radius 2 is 0.548 bits per heavy atom. The van der Waals surface area contributed by atoms with Crippen molar-refractivity contribution in [3.8, 4) is 0 Å². The van der Waals surface area contributed by atoms with Gasteiger partial charge in [-0.3, -0.25) is 37.3 Å². The number of aliphatic hydroxyl groups excluding tert-OH is 1. The van der Waals surface area contributed by atoms with Crippen molar-refractivity contribution in [2.45, 2.75) is 400 Å². The highest BCUT2D eigenvalue weighted by Gasteiger charge is 2.30. The Morgan fingerprint density at radius 1 is 0.312 bits per heavy atom. The summed E-state index contributed by atoms with van der Waals surface area (Å²) >= 11 is 0. The van der Waals surface area contributed by atoms with Crippen molar-refractivity contribution in [2.75, 3.05) is 39.6 Å². The number of carbonyl (C=O) groups is 4. The topological polar surface area (TPSA) is 237 Å². The monoisotopic (exact) mass is 1370 g/mol. The average molecular weight is 1370 g/mol. The Hall–Kier alpha value is -1.94.